The van der Waals surface area contributed by atoms with Gasteiger partial charge in [-0.05, 0) is 24.1 Å². The summed E-state index contributed by atoms with van der Waals surface area (Å²) >= 11 is 0. The van der Waals surface area contributed by atoms with Crippen molar-refractivity contribution in [1.29, 1.82) is 0 Å². The van der Waals surface area contributed by atoms with E-state index in [4.69, 9.17) is 0 Å². The summed E-state index contributed by atoms with van der Waals surface area (Å²) in [4.78, 5) is 11.8. The summed E-state index contributed by atoms with van der Waals surface area (Å²) in [5.41, 5.74) is 2.44. The normalized spacial score (nSPS) is 27.4. The molecule has 2 aliphatic heterocycles. The van der Waals surface area contributed by atoms with Gasteiger partial charge in [0.05, 0.1) is 12.1 Å². The molecule has 5 heteroatoms. The van der Waals surface area contributed by atoms with Crippen molar-refractivity contribution in [2.24, 2.45) is 0 Å². The smallest absolute Gasteiger partial charge is 0.0625 e. The zero-order valence-corrected chi connectivity index (χ0v) is 16.2. The Morgan fingerprint density at radius 3 is 2.48 bits per heavy atom. The maximum absolute atomic E-state index is 10.2. The molecule has 5 nitrogen and oxygen atoms in total. The van der Waals surface area contributed by atoms with E-state index < -0.39 is 0 Å². The number of fused-ring (bicyclic) bond motifs is 1. The number of hydrogen-bond donors (Lipinski definition) is 1. The second kappa shape index (κ2) is 8.07. The molecule has 0 radical (unpaired) electrons. The topological polar surface area (TPSA) is 42.8 Å². The maximum Gasteiger partial charge on any atom is 0.0625 e. The Morgan fingerprint density at radius 2 is 1.74 bits per heavy atom. The monoisotopic (exact) mass is 366 g/mol. The number of aromatic nitrogens is 1. The van der Waals surface area contributed by atoms with Gasteiger partial charge in [0.25, 0.3) is 0 Å². The average molecular weight is 367 g/mol. The highest BCUT2D eigenvalue weighted by Gasteiger charge is 2.44. The fraction of sp³-hybridized carbons (Fsp3) is 0.500. The van der Waals surface area contributed by atoms with Crippen LogP contribution in [0.1, 0.15) is 18.1 Å². The van der Waals surface area contributed by atoms with Crippen molar-refractivity contribution in [3.05, 3.63) is 66.0 Å². The summed E-state index contributed by atoms with van der Waals surface area (Å²) in [5.74, 6) is 0. The van der Waals surface area contributed by atoms with Gasteiger partial charge in [0.1, 0.15) is 0 Å². The third-order valence-electron chi connectivity index (χ3n) is 6.01. The lowest BCUT2D eigenvalue weighted by Crippen LogP contribution is -2.71. The molecule has 0 spiro atoms. The first-order chi connectivity index (χ1) is 13.2. The molecular weight excluding hydrogens is 336 g/mol. The third-order valence-corrected chi connectivity index (χ3v) is 6.01. The van der Waals surface area contributed by atoms with Crippen molar-refractivity contribution in [1.82, 2.24) is 19.7 Å². The molecule has 0 aliphatic carbocycles. The number of pyridine rings is 1. The largest absolute Gasteiger partial charge is 0.394 e. The Morgan fingerprint density at radius 1 is 1.00 bits per heavy atom. The number of benzene rings is 1. The van der Waals surface area contributed by atoms with Crippen LogP contribution < -0.4 is 0 Å². The molecule has 27 heavy (non-hydrogen) atoms. The Kier molecular flexibility index (Phi) is 5.55. The van der Waals surface area contributed by atoms with Crippen molar-refractivity contribution in [2.75, 3.05) is 39.3 Å². The van der Waals surface area contributed by atoms with E-state index >= 15 is 0 Å². The lowest BCUT2D eigenvalue weighted by Gasteiger charge is -2.56. The number of aliphatic hydroxyl groups excluding tert-OH is 1. The second-order valence-corrected chi connectivity index (χ2v) is 8.25. The molecule has 1 aromatic heterocycles. The molecule has 2 aromatic rings. The summed E-state index contributed by atoms with van der Waals surface area (Å²) in [6, 6.07) is 15.3. The van der Waals surface area contributed by atoms with E-state index in [9.17, 15) is 5.11 Å². The lowest BCUT2D eigenvalue weighted by atomic mass is 9.91. The Labute approximate surface area is 162 Å². The van der Waals surface area contributed by atoms with Gasteiger partial charge in [0.2, 0.25) is 0 Å². The number of aliphatic hydroxyl groups is 1. The molecule has 1 aromatic carbocycles. The SMILES string of the molecule is CC1(CO)CN(Cc2ccccc2)CC2CN(Cc3cccnc3)CCN21. The van der Waals surface area contributed by atoms with Crippen LogP contribution in [0.15, 0.2) is 54.9 Å². The lowest BCUT2D eigenvalue weighted by molar-refractivity contribution is -0.0951. The molecule has 2 atom stereocenters. The Hall–Kier alpha value is -1.79. The van der Waals surface area contributed by atoms with Crippen LogP contribution in [0.2, 0.25) is 0 Å². The molecule has 2 fully saturated rings. The fourth-order valence-corrected chi connectivity index (χ4v) is 4.72. The van der Waals surface area contributed by atoms with E-state index in [1.54, 1.807) is 0 Å². The molecular formula is C22H30N4O. The van der Waals surface area contributed by atoms with Gasteiger partial charge in [-0.15, -0.1) is 0 Å². The predicted octanol–water partition coefficient (Wildman–Crippen LogP) is 1.83. The number of hydrogen-bond acceptors (Lipinski definition) is 5. The van der Waals surface area contributed by atoms with Crippen LogP contribution in [-0.4, -0.2) is 75.7 Å². The molecule has 1 N–H and O–H groups in total. The fourth-order valence-electron chi connectivity index (χ4n) is 4.72. The van der Waals surface area contributed by atoms with Gasteiger partial charge in [-0.3, -0.25) is 19.7 Å². The number of nitrogens with zero attached hydrogens (tertiary/aromatic N) is 4. The minimum absolute atomic E-state index is 0.169. The summed E-state index contributed by atoms with van der Waals surface area (Å²) in [5, 5.41) is 10.2. The predicted molar refractivity (Wildman–Crippen MR) is 107 cm³/mol. The highest BCUT2D eigenvalue weighted by atomic mass is 16.3. The second-order valence-electron chi connectivity index (χ2n) is 8.25. The van der Waals surface area contributed by atoms with Crippen molar-refractivity contribution < 1.29 is 5.11 Å². The number of piperazine rings is 2. The summed E-state index contributed by atoms with van der Waals surface area (Å²) < 4.78 is 0. The van der Waals surface area contributed by atoms with Crippen molar-refractivity contribution in [3.63, 3.8) is 0 Å². The molecule has 2 saturated heterocycles. The summed E-state index contributed by atoms with van der Waals surface area (Å²) in [6.45, 7) is 9.38. The van der Waals surface area contributed by atoms with Gasteiger partial charge in [-0.25, -0.2) is 0 Å². The molecule has 2 aliphatic rings. The molecule has 2 unspecified atom stereocenters. The Balaban J connectivity index is 1.46. The van der Waals surface area contributed by atoms with Gasteiger partial charge >= 0.3 is 0 Å². The van der Waals surface area contributed by atoms with Crippen molar-refractivity contribution in [2.45, 2.75) is 31.6 Å². The maximum atomic E-state index is 10.2. The van der Waals surface area contributed by atoms with Gasteiger partial charge in [0, 0.05) is 64.2 Å². The van der Waals surface area contributed by atoms with E-state index in [-0.39, 0.29) is 12.1 Å². The first kappa shape index (κ1) is 18.6. The van der Waals surface area contributed by atoms with Crippen LogP contribution in [-0.2, 0) is 13.1 Å². The molecule has 0 amide bonds. The van der Waals surface area contributed by atoms with Gasteiger partial charge in [0.15, 0.2) is 0 Å². The zero-order chi connectivity index (χ0) is 18.7. The van der Waals surface area contributed by atoms with E-state index in [1.807, 2.05) is 18.5 Å². The van der Waals surface area contributed by atoms with Crippen molar-refractivity contribution >= 4 is 0 Å². The van der Waals surface area contributed by atoms with Gasteiger partial charge in [-0.2, -0.15) is 0 Å². The molecule has 3 heterocycles. The minimum Gasteiger partial charge on any atom is -0.394 e. The molecule has 0 bridgehead atoms. The van der Waals surface area contributed by atoms with Gasteiger partial charge < -0.3 is 5.11 Å². The average Bonchev–Trinajstić information content (AvgIpc) is 2.69. The van der Waals surface area contributed by atoms with Crippen molar-refractivity contribution in [3.8, 4) is 0 Å². The highest BCUT2D eigenvalue weighted by Crippen LogP contribution is 2.29. The van der Waals surface area contributed by atoms with Crippen LogP contribution in [0.4, 0.5) is 0 Å². The van der Waals surface area contributed by atoms with Gasteiger partial charge in [-0.1, -0.05) is 36.4 Å². The van der Waals surface area contributed by atoms with E-state index in [1.165, 1.54) is 11.1 Å². The molecule has 144 valence electrons. The number of rotatable bonds is 5. The van der Waals surface area contributed by atoms with E-state index in [0.29, 0.717) is 6.04 Å². The first-order valence-electron chi connectivity index (χ1n) is 9.91. The highest BCUT2D eigenvalue weighted by molar-refractivity contribution is 5.15. The van der Waals surface area contributed by atoms with Crippen LogP contribution >= 0.6 is 0 Å². The minimum atomic E-state index is -0.169. The molecule has 4 rings (SSSR count). The van der Waals surface area contributed by atoms with Crippen LogP contribution in [0.25, 0.3) is 0 Å². The summed E-state index contributed by atoms with van der Waals surface area (Å²) in [7, 11) is 0. The molecule has 0 saturated carbocycles. The third kappa shape index (κ3) is 4.22. The van der Waals surface area contributed by atoms with E-state index in [2.05, 4.69) is 63.0 Å². The van der Waals surface area contributed by atoms with E-state index in [0.717, 1.165) is 45.8 Å². The van der Waals surface area contributed by atoms with Crippen LogP contribution in [0.5, 0.6) is 0 Å². The van der Waals surface area contributed by atoms with Crippen LogP contribution in [0, 0.1) is 0 Å². The quantitative estimate of drug-likeness (QED) is 0.875. The standard InChI is InChI=1S/C22H30N4O/c1-22(18-27)17-25(13-19-6-3-2-4-7-19)16-21-15-24(10-11-26(21)22)14-20-8-5-9-23-12-20/h2-9,12,21,27H,10-11,13-18H2,1H3. The van der Waals surface area contributed by atoms with Crippen LogP contribution in [0.3, 0.4) is 0 Å². The summed E-state index contributed by atoms with van der Waals surface area (Å²) in [6.07, 6.45) is 3.80. The zero-order valence-electron chi connectivity index (χ0n) is 16.2. The first-order valence-corrected chi connectivity index (χ1v) is 9.91. The Bertz CT molecular complexity index is 724.